The van der Waals surface area contributed by atoms with Gasteiger partial charge in [0.25, 0.3) is 0 Å². The Kier molecular flexibility index (Phi) is 5.52. The molecule has 118 valence electrons. The zero-order valence-electron chi connectivity index (χ0n) is 12.4. The van der Waals surface area contributed by atoms with E-state index in [1.807, 2.05) is 0 Å². The maximum Gasteiger partial charge on any atom is 0.325 e. The summed E-state index contributed by atoms with van der Waals surface area (Å²) >= 11 is 0. The van der Waals surface area contributed by atoms with E-state index < -0.39 is 11.9 Å². The fraction of sp³-hybridized carbons (Fsp3) is 0.438. The third kappa shape index (κ3) is 4.58. The van der Waals surface area contributed by atoms with Crippen LogP contribution in [-0.4, -0.2) is 35.8 Å². The largest absolute Gasteiger partial charge is 0.459 e. The number of benzene rings is 1. The number of likely N-dealkylation sites (tertiary alicyclic amines) is 1. The molecule has 1 aromatic rings. The minimum Gasteiger partial charge on any atom is -0.459 e. The molecule has 2 rings (SSSR count). The van der Waals surface area contributed by atoms with Crippen LogP contribution in [0.4, 0.5) is 0 Å². The Hall–Kier alpha value is -2.37. The summed E-state index contributed by atoms with van der Waals surface area (Å²) in [5, 5.41) is 0. The van der Waals surface area contributed by atoms with Crippen molar-refractivity contribution < 1.29 is 19.1 Å². The van der Waals surface area contributed by atoms with Gasteiger partial charge in [-0.3, -0.25) is 14.4 Å². The summed E-state index contributed by atoms with van der Waals surface area (Å²) in [6, 6.07) is 6.54. The molecule has 6 heteroatoms. The van der Waals surface area contributed by atoms with Crippen LogP contribution in [0, 0.1) is 0 Å². The Morgan fingerprint density at radius 3 is 2.55 bits per heavy atom. The first-order valence-electron chi connectivity index (χ1n) is 7.38. The number of ether oxygens (including phenoxy) is 1. The highest BCUT2D eigenvalue weighted by Crippen LogP contribution is 2.11. The summed E-state index contributed by atoms with van der Waals surface area (Å²) in [5.74, 6) is -0.905. The molecule has 1 aliphatic heterocycles. The molecule has 0 bridgehead atoms. The number of nitrogens with two attached hydrogens (primary N) is 1. The van der Waals surface area contributed by atoms with Crippen molar-refractivity contribution in [1.82, 2.24) is 4.90 Å². The third-order valence-electron chi connectivity index (χ3n) is 3.63. The van der Waals surface area contributed by atoms with Gasteiger partial charge in [-0.05, 0) is 30.5 Å². The highest BCUT2D eigenvalue weighted by atomic mass is 16.5. The number of primary amides is 1. The van der Waals surface area contributed by atoms with Crippen LogP contribution in [0.1, 0.15) is 41.6 Å². The van der Waals surface area contributed by atoms with E-state index in [0.717, 1.165) is 24.8 Å². The van der Waals surface area contributed by atoms with E-state index in [-0.39, 0.29) is 19.1 Å². The summed E-state index contributed by atoms with van der Waals surface area (Å²) < 4.78 is 5.17. The quantitative estimate of drug-likeness (QED) is 0.828. The molecule has 0 saturated carbocycles. The van der Waals surface area contributed by atoms with E-state index in [2.05, 4.69) is 0 Å². The first-order chi connectivity index (χ1) is 10.6. The Morgan fingerprint density at radius 2 is 1.86 bits per heavy atom. The van der Waals surface area contributed by atoms with Gasteiger partial charge in [0.15, 0.2) is 0 Å². The molecule has 6 nitrogen and oxygen atoms in total. The van der Waals surface area contributed by atoms with Crippen LogP contribution in [0.15, 0.2) is 24.3 Å². The number of rotatable bonds is 5. The smallest absolute Gasteiger partial charge is 0.325 e. The molecule has 2 amide bonds. The number of carbonyl (C=O) groups excluding carboxylic acids is 3. The topological polar surface area (TPSA) is 89.7 Å². The summed E-state index contributed by atoms with van der Waals surface area (Å²) in [7, 11) is 0. The van der Waals surface area contributed by atoms with E-state index in [4.69, 9.17) is 10.5 Å². The Bertz CT molecular complexity index is 554. The molecule has 0 atom stereocenters. The first kappa shape index (κ1) is 16.0. The molecule has 1 saturated heterocycles. The average molecular weight is 304 g/mol. The molecule has 1 aromatic carbocycles. The standard InChI is InChI=1S/C16H20N2O4/c17-16(21)13-7-5-12(6-8-13)11-22-15(20)10-18-9-3-1-2-4-14(18)19/h5-8H,1-4,9-11H2,(H2,17,21). The highest BCUT2D eigenvalue weighted by molar-refractivity contribution is 5.92. The Morgan fingerprint density at radius 1 is 1.14 bits per heavy atom. The van der Waals surface area contributed by atoms with Crippen molar-refractivity contribution in [3.05, 3.63) is 35.4 Å². The lowest BCUT2D eigenvalue weighted by atomic mass is 10.1. The molecule has 1 fully saturated rings. The Balaban J connectivity index is 1.81. The fourth-order valence-electron chi connectivity index (χ4n) is 2.34. The predicted octanol–water partition coefficient (Wildman–Crippen LogP) is 1.23. The molecular formula is C16H20N2O4. The van der Waals surface area contributed by atoms with Crippen LogP contribution in [0.2, 0.25) is 0 Å². The highest BCUT2D eigenvalue weighted by Gasteiger charge is 2.19. The van der Waals surface area contributed by atoms with Crippen LogP contribution in [0.25, 0.3) is 0 Å². The van der Waals surface area contributed by atoms with Gasteiger partial charge in [-0.2, -0.15) is 0 Å². The second-order valence-electron chi connectivity index (χ2n) is 5.35. The molecule has 1 heterocycles. The van der Waals surface area contributed by atoms with E-state index in [1.54, 1.807) is 29.2 Å². The minimum absolute atomic E-state index is 0.00178. The molecule has 0 unspecified atom stereocenters. The van der Waals surface area contributed by atoms with Gasteiger partial charge >= 0.3 is 5.97 Å². The lowest BCUT2D eigenvalue weighted by Gasteiger charge is -2.19. The van der Waals surface area contributed by atoms with Crippen LogP contribution in [-0.2, 0) is 20.9 Å². The van der Waals surface area contributed by atoms with Crippen molar-refractivity contribution >= 4 is 17.8 Å². The van der Waals surface area contributed by atoms with Crippen molar-refractivity contribution in [2.75, 3.05) is 13.1 Å². The lowest BCUT2D eigenvalue weighted by Crippen LogP contribution is -2.35. The van der Waals surface area contributed by atoms with Crippen LogP contribution in [0.3, 0.4) is 0 Å². The second-order valence-corrected chi connectivity index (χ2v) is 5.35. The third-order valence-corrected chi connectivity index (χ3v) is 3.63. The summed E-state index contributed by atoms with van der Waals surface area (Å²) in [5.41, 5.74) is 6.33. The van der Waals surface area contributed by atoms with Crippen molar-refractivity contribution in [3.8, 4) is 0 Å². The van der Waals surface area contributed by atoms with E-state index in [0.29, 0.717) is 18.5 Å². The maximum absolute atomic E-state index is 11.8. The molecule has 0 aromatic heterocycles. The normalized spacial score (nSPS) is 15.3. The van der Waals surface area contributed by atoms with Gasteiger partial charge in [0, 0.05) is 18.5 Å². The first-order valence-corrected chi connectivity index (χ1v) is 7.38. The summed E-state index contributed by atoms with van der Waals surface area (Å²) in [4.78, 5) is 36.1. The average Bonchev–Trinajstić information content (AvgIpc) is 2.70. The van der Waals surface area contributed by atoms with Crippen LogP contribution >= 0.6 is 0 Å². The van der Waals surface area contributed by atoms with Crippen LogP contribution in [0.5, 0.6) is 0 Å². The Labute approximate surface area is 129 Å². The SMILES string of the molecule is NC(=O)c1ccc(COC(=O)CN2CCCCCC2=O)cc1. The van der Waals surface area contributed by atoms with Crippen molar-refractivity contribution in [2.24, 2.45) is 5.73 Å². The zero-order chi connectivity index (χ0) is 15.9. The molecule has 0 radical (unpaired) electrons. The molecular weight excluding hydrogens is 284 g/mol. The molecule has 22 heavy (non-hydrogen) atoms. The van der Waals surface area contributed by atoms with Gasteiger partial charge in [-0.15, -0.1) is 0 Å². The van der Waals surface area contributed by atoms with E-state index in [9.17, 15) is 14.4 Å². The molecule has 0 spiro atoms. The zero-order valence-corrected chi connectivity index (χ0v) is 12.4. The van der Waals surface area contributed by atoms with Crippen molar-refractivity contribution in [3.63, 3.8) is 0 Å². The summed E-state index contributed by atoms with van der Waals surface area (Å²) in [6.45, 7) is 0.722. The minimum atomic E-state index is -0.497. The van der Waals surface area contributed by atoms with Crippen molar-refractivity contribution in [1.29, 1.82) is 0 Å². The monoisotopic (exact) mass is 304 g/mol. The second kappa shape index (κ2) is 7.59. The molecule has 0 aliphatic carbocycles. The molecule has 2 N–H and O–H groups in total. The van der Waals surface area contributed by atoms with Gasteiger partial charge < -0.3 is 15.4 Å². The number of hydrogen-bond acceptors (Lipinski definition) is 4. The number of nitrogens with zero attached hydrogens (tertiary/aromatic N) is 1. The number of amides is 2. The van der Waals surface area contributed by atoms with E-state index >= 15 is 0 Å². The maximum atomic E-state index is 11.8. The number of esters is 1. The number of carbonyl (C=O) groups is 3. The van der Waals surface area contributed by atoms with Gasteiger partial charge in [0.05, 0.1) is 0 Å². The fourth-order valence-corrected chi connectivity index (χ4v) is 2.34. The predicted molar refractivity (Wildman–Crippen MR) is 79.8 cm³/mol. The van der Waals surface area contributed by atoms with Gasteiger partial charge in [-0.25, -0.2) is 0 Å². The van der Waals surface area contributed by atoms with Gasteiger partial charge in [-0.1, -0.05) is 18.6 Å². The summed E-state index contributed by atoms with van der Waals surface area (Å²) in [6.07, 6.45) is 3.33. The van der Waals surface area contributed by atoms with Crippen molar-refractivity contribution in [2.45, 2.75) is 32.3 Å². The van der Waals surface area contributed by atoms with E-state index in [1.165, 1.54) is 0 Å². The lowest BCUT2D eigenvalue weighted by molar-refractivity contribution is -0.150. The number of hydrogen-bond donors (Lipinski definition) is 1. The van der Waals surface area contributed by atoms with Gasteiger partial charge in [0.1, 0.15) is 13.2 Å². The van der Waals surface area contributed by atoms with Crippen LogP contribution < -0.4 is 5.73 Å². The molecule has 1 aliphatic rings. The van der Waals surface area contributed by atoms with Gasteiger partial charge in [0.2, 0.25) is 11.8 Å².